The van der Waals surface area contributed by atoms with Gasteiger partial charge in [0.25, 0.3) is 0 Å². The molecule has 2 nitrogen and oxygen atoms in total. The molecule has 0 aliphatic rings. The molecule has 0 saturated carbocycles. The fourth-order valence-corrected chi connectivity index (χ4v) is 2.49. The van der Waals surface area contributed by atoms with Crippen molar-refractivity contribution in [3.05, 3.63) is 77.9 Å². The first kappa shape index (κ1) is 16.0. The Balaban J connectivity index is 2.32. The molecule has 0 bridgehead atoms. The van der Waals surface area contributed by atoms with Crippen LogP contribution in [0.2, 0.25) is 0 Å². The minimum atomic E-state index is 0.124. The van der Waals surface area contributed by atoms with Crippen LogP contribution in [-0.4, -0.2) is 23.9 Å². The van der Waals surface area contributed by atoms with Crippen LogP contribution in [0.5, 0.6) is 0 Å². The van der Waals surface area contributed by atoms with Gasteiger partial charge < -0.3 is 4.90 Å². The van der Waals surface area contributed by atoms with Crippen molar-refractivity contribution in [1.82, 2.24) is 4.90 Å². The van der Waals surface area contributed by atoms with Crippen molar-refractivity contribution in [2.75, 3.05) is 13.1 Å². The van der Waals surface area contributed by atoms with Crippen LogP contribution in [-0.2, 0) is 4.79 Å². The zero-order valence-electron chi connectivity index (χ0n) is 13.3. The Kier molecular flexibility index (Phi) is 5.96. The van der Waals surface area contributed by atoms with Gasteiger partial charge >= 0.3 is 0 Å². The molecule has 2 heteroatoms. The SMILES string of the molecule is CCCN(CC=C(c1ccccc1)c1ccccc1)C(C)=O. The van der Waals surface area contributed by atoms with Crippen LogP contribution >= 0.6 is 0 Å². The molecule has 2 aromatic rings. The highest BCUT2D eigenvalue weighted by Gasteiger charge is 2.08. The normalized spacial score (nSPS) is 10.1. The van der Waals surface area contributed by atoms with Crippen molar-refractivity contribution >= 4 is 11.5 Å². The molecule has 0 unspecified atom stereocenters. The molecule has 0 aromatic heterocycles. The molecule has 114 valence electrons. The molecule has 0 saturated heterocycles. The van der Waals surface area contributed by atoms with Crippen molar-refractivity contribution in [3.8, 4) is 0 Å². The predicted octanol–water partition coefficient (Wildman–Crippen LogP) is 4.38. The van der Waals surface area contributed by atoms with Gasteiger partial charge in [-0.1, -0.05) is 73.7 Å². The highest BCUT2D eigenvalue weighted by molar-refractivity contribution is 5.80. The van der Waals surface area contributed by atoms with Crippen LogP contribution in [0, 0.1) is 0 Å². The molecular weight excluding hydrogens is 270 g/mol. The smallest absolute Gasteiger partial charge is 0.219 e. The lowest BCUT2D eigenvalue weighted by Gasteiger charge is -2.19. The number of hydrogen-bond donors (Lipinski definition) is 0. The van der Waals surface area contributed by atoms with Gasteiger partial charge in [-0.2, -0.15) is 0 Å². The second kappa shape index (κ2) is 8.18. The van der Waals surface area contributed by atoms with Gasteiger partial charge in [-0.25, -0.2) is 0 Å². The number of rotatable bonds is 6. The van der Waals surface area contributed by atoms with E-state index in [-0.39, 0.29) is 5.91 Å². The predicted molar refractivity (Wildman–Crippen MR) is 92.5 cm³/mol. The number of carbonyl (C=O) groups is 1. The molecule has 0 fully saturated rings. The minimum Gasteiger partial charge on any atom is -0.339 e. The van der Waals surface area contributed by atoms with E-state index in [0.717, 1.165) is 13.0 Å². The Morgan fingerprint density at radius 3 is 1.86 bits per heavy atom. The van der Waals surface area contributed by atoms with Crippen molar-refractivity contribution < 1.29 is 4.79 Å². The van der Waals surface area contributed by atoms with E-state index in [2.05, 4.69) is 37.3 Å². The van der Waals surface area contributed by atoms with Gasteiger partial charge in [0.1, 0.15) is 0 Å². The first-order chi connectivity index (χ1) is 10.7. The monoisotopic (exact) mass is 293 g/mol. The van der Waals surface area contributed by atoms with Crippen LogP contribution in [0.15, 0.2) is 66.7 Å². The van der Waals surface area contributed by atoms with Gasteiger partial charge in [-0.3, -0.25) is 4.79 Å². The summed E-state index contributed by atoms with van der Waals surface area (Å²) < 4.78 is 0. The molecule has 0 N–H and O–H groups in total. The molecule has 2 rings (SSSR count). The Morgan fingerprint density at radius 1 is 0.955 bits per heavy atom. The van der Waals surface area contributed by atoms with Crippen LogP contribution in [0.25, 0.3) is 5.57 Å². The summed E-state index contributed by atoms with van der Waals surface area (Å²) >= 11 is 0. The zero-order valence-corrected chi connectivity index (χ0v) is 13.3. The molecule has 0 aliphatic carbocycles. The van der Waals surface area contributed by atoms with E-state index in [4.69, 9.17) is 0 Å². The van der Waals surface area contributed by atoms with E-state index in [0.29, 0.717) is 6.54 Å². The molecule has 22 heavy (non-hydrogen) atoms. The van der Waals surface area contributed by atoms with E-state index in [1.54, 1.807) is 6.92 Å². The summed E-state index contributed by atoms with van der Waals surface area (Å²) in [6.07, 6.45) is 3.13. The summed E-state index contributed by atoms with van der Waals surface area (Å²) in [5.74, 6) is 0.124. The van der Waals surface area contributed by atoms with Gasteiger partial charge in [-0.05, 0) is 23.1 Å². The van der Waals surface area contributed by atoms with Crippen LogP contribution in [0.4, 0.5) is 0 Å². The number of benzene rings is 2. The van der Waals surface area contributed by atoms with Crippen molar-refractivity contribution in [3.63, 3.8) is 0 Å². The maximum Gasteiger partial charge on any atom is 0.219 e. The second-order valence-electron chi connectivity index (χ2n) is 5.31. The summed E-state index contributed by atoms with van der Waals surface area (Å²) in [5, 5.41) is 0. The summed E-state index contributed by atoms with van der Waals surface area (Å²) in [6, 6.07) is 20.6. The Morgan fingerprint density at radius 2 is 1.45 bits per heavy atom. The summed E-state index contributed by atoms with van der Waals surface area (Å²) in [7, 11) is 0. The van der Waals surface area contributed by atoms with Gasteiger partial charge in [0.15, 0.2) is 0 Å². The molecule has 0 aliphatic heterocycles. The first-order valence-electron chi connectivity index (χ1n) is 7.79. The van der Waals surface area contributed by atoms with Crippen molar-refractivity contribution in [2.45, 2.75) is 20.3 Å². The van der Waals surface area contributed by atoms with Crippen LogP contribution < -0.4 is 0 Å². The molecule has 0 radical (unpaired) electrons. The number of nitrogens with zero attached hydrogens (tertiary/aromatic N) is 1. The summed E-state index contributed by atoms with van der Waals surface area (Å²) in [4.78, 5) is 13.6. The highest BCUT2D eigenvalue weighted by Crippen LogP contribution is 2.23. The van der Waals surface area contributed by atoms with Gasteiger partial charge in [0.05, 0.1) is 0 Å². The maximum absolute atomic E-state index is 11.7. The lowest BCUT2D eigenvalue weighted by molar-refractivity contribution is -0.128. The molecular formula is C20H23NO. The molecule has 1 amide bonds. The third-order valence-electron chi connectivity index (χ3n) is 3.62. The topological polar surface area (TPSA) is 20.3 Å². The lowest BCUT2D eigenvalue weighted by Crippen LogP contribution is -2.29. The van der Waals surface area contributed by atoms with E-state index < -0.39 is 0 Å². The molecule has 0 atom stereocenters. The Labute approximate surface area is 133 Å². The third-order valence-corrected chi connectivity index (χ3v) is 3.62. The number of hydrogen-bond acceptors (Lipinski definition) is 1. The largest absolute Gasteiger partial charge is 0.339 e. The van der Waals surface area contributed by atoms with E-state index in [1.165, 1.54) is 16.7 Å². The van der Waals surface area contributed by atoms with Crippen LogP contribution in [0.1, 0.15) is 31.4 Å². The minimum absolute atomic E-state index is 0.124. The number of carbonyl (C=O) groups excluding carboxylic acids is 1. The fraction of sp³-hybridized carbons (Fsp3) is 0.250. The van der Waals surface area contributed by atoms with Gasteiger partial charge in [0.2, 0.25) is 5.91 Å². The average molecular weight is 293 g/mol. The summed E-state index contributed by atoms with van der Waals surface area (Å²) in [6.45, 7) is 5.16. The number of amides is 1. The Bertz CT molecular complexity index is 575. The van der Waals surface area contributed by atoms with Crippen molar-refractivity contribution in [1.29, 1.82) is 0 Å². The Hall–Kier alpha value is -2.35. The maximum atomic E-state index is 11.7. The quantitative estimate of drug-likeness (QED) is 0.774. The average Bonchev–Trinajstić information content (AvgIpc) is 2.56. The third kappa shape index (κ3) is 4.32. The van der Waals surface area contributed by atoms with E-state index >= 15 is 0 Å². The fourth-order valence-electron chi connectivity index (χ4n) is 2.49. The zero-order chi connectivity index (χ0) is 15.8. The molecule has 0 heterocycles. The molecule has 2 aromatic carbocycles. The first-order valence-corrected chi connectivity index (χ1v) is 7.79. The van der Waals surface area contributed by atoms with Crippen LogP contribution in [0.3, 0.4) is 0 Å². The van der Waals surface area contributed by atoms with Gasteiger partial charge in [-0.15, -0.1) is 0 Å². The second-order valence-corrected chi connectivity index (χ2v) is 5.31. The standard InChI is InChI=1S/C20H23NO/c1-3-15-21(17(2)22)16-14-20(18-10-6-4-7-11-18)19-12-8-5-9-13-19/h4-14H,3,15-16H2,1-2H3. The summed E-state index contributed by atoms with van der Waals surface area (Å²) in [5.41, 5.74) is 3.52. The van der Waals surface area contributed by atoms with E-state index in [1.807, 2.05) is 41.3 Å². The lowest BCUT2D eigenvalue weighted by atomic mass is 9.97. The van der Waals surface area contributed by atoms with E-state index in [9.17, 15) is 4.79 Å². The molecule has 0 spiro atoms. The highest BCUT2D eigenvalue weighted by atomic mass is 16.2. The van der Waals surface area contributed by atoms with Gasteiger partial charge in [0, 0.05) is 20.0 Å². The van der Waals surface area contributed by atoms with Crippen molar-refractivity contribution in [2.24, 2.45) is 0 Å².